The highest BCUT2D eigenvalue weighted by Gasteiger charge is 1.99. The molecule has 0 aliphatic heterocycles. The first-order valence-corrected chi connectivity index (χ1v) is 6.63. The molecule has 0 heteroatoms. The summed E-state index contributed by atoms with van der Waals surface area (Å²) in [5.41, 5.74) is 4.60. The fraction of sp³-hybridized carbons (Fsp3) is 0.333. The monoisotopic (exact) mass is 242 g/mol. The molecule has 98 valence electrons. The Hall–Kier alpha value is -1.56. The molecular formula is C18H26. The van der Waals surface area contributed by atoms with Crippen molar-refractivity contribution in [2.75, 3.05) is 0 Å². The highest BCUT2D eigenvalue weighted by atomic mass is 14.0. The zero-order valence-electron chi connectivity index (χ0n) is 12.5. The van der Waals surface area contributed by atoms with Gasteiger partial charge in [0.25, 0.3) is 0 Å². The summed E-state index contributed by atoms with van der Waals surface area (Å²) in [7, 11) is 0. The van der Waals surface area contributed by atoms with E-state index in [1.54, 1.807) is 0 Å². The smallest absolute Gasteiger partial charge is 0.0190 e. The third kappa shape index (κ3) is 5.67. The van der Waals surface area contributed by atoms with Crippen molar-refractivity contribution >= 4 is 5.57 Å². The van der Waals surface area contributed by atoms with Crippen LogP contribution in [0.1, 0.15) is 51.7 Å². The molecule has 0 aliphatic rings. The molecule has 0 aliphatic carbocycles. The Labute approximate surface area is 113 Å². The first-order valence-electron chi connectivity index (χ1n) is 6.63. The quantitative estimate of drug-likeness (QED) is 0.569. The molecule has 0 heterocycles. The maximum absolute atomic E-state index is 4.04. The minimum absolute atomic E-state index is 0.577. The highest BCUT2D eigenvalue weighted by Crippen LogP contribution is 2.19. The molecule has 0 saturated heterocycles. The van der Waals surface area contributed by atoms with E-state index in [9.17, 15) is 0 Å². The van der Waals surface area contributed by atoms with Crippen molar-refractivity contribution in [3.05, 3.63) is 66.3 Å². The van der Waals surface area contributed by atoms with E-state index >= 15 is 0 Å². The maximum atomic E-state index is 4.04. The van der Waals surface area contributed by atoms with E-state index in [0.29, 0.717) is 5.92 Å². The van der Waals surface area contributed by atoms with Gasteiger partial charge in [-0.15, -0.1) is 0 Å². The van der Waals surface area contributed by atoms with Gasteiger partial charge in [-0.2, -0.15) is 0 Å². The van der Waals surface area contributed by atoms with E-state index in [1.165, 1.54) is 11.1 Å². The molecule has 0 amide bonds. The van der Waals surface area contributed by atoms with E-state index in [1.807, 2.05) is 32.9 Å². The lowest BCUT2D eigenvalue weighted by Gasteiger charge is -2.06. The lowest BCUT2D eigenvalue weighted by Crippen LogP contribution is -1.87. The van der Waals surface area contributed by atoms with E-state index < -0.39 is 0 Å². The van der Waals surface area contributed by atoms with Crippen LogP contribution >= 0.6 is 0 Å². The predicted octanol–water partition coefficient (Wildman–Crippen LogP) is 5.98. The number of hydrogen-bond donors (Lipinski definition) is 0. The maximum Gasteiger partial charge on any atom is -0.0190 e. The Kier molecular flexibility index (Phi) is 7.78. The Morgan fingerprint density at radius 3 is 1.89 bits per heavy atom. The summed E-state index contributed by atoms with van der Waals surface area (Å²) in [6.45, 7) is 18.2. The predicted molar refractivity (Wildman–Crippen MR) is 84.9 cm³/mol. The largest absolute Gasteiger partial charge is 0.0961 e. The van der Waals surface area contributed by atoms with Crippen LogP contribution in [0.4, 0.5) is 0 Å². The first-order chi connectivity index (χ1) is 8.50. The zero-order chi connectivity index (χ0) is 14.1. The fourth-order valence-corrected chi connectivity index (χ4v) is 1.42. The third-order valence-electron chi connectivity index (χ3n) is 2.52. The van der Waals surface area contributed by atoms with Gasteiger partial charge in [-0.05, 0) is 29.5 Å². The van der Waals surface area contributed by atoms with Crippen molar-refractivity contribution < 1.29 is 0 Å². The van der Waals surface area contributed by atoms with Gasteiger partial charge in [-0.3, -0.25) is 0 Å². The topological polar surface area (TPSA) is 0 Å². The lowest BCUT2D eigenvalue weighted by molar-refractivity contribution is 0.866. The lowest BCUT2D eigenvalue weighted by atomic mass is 9.99. The van der Waals surface area contributed by atoms with Gasteiger partial charge in [0.05, 0.1) is 0 Å². The Balaban J connectivity index is 0.00000137. The van der Waals surface area contributed by atoms with Crippen molar-refractivity contribution in [3.63, 3.8) is 0 Å². The van der Waals surface area contributed by atoms with Gasteiger partial charge in [-0.1, -0.05) is 82.8 Å². The summed E-state index contributed by atoms with van der Waals surface area (Å²) in [5.74, 6) is 0.577. The molecule has 0 saturated carbocycles. The van der Waals surface area contributed by atoms with Crippen LogP contribution in [0.15, 0.2) is 55.1 Å². The van der Waals surface area contributed by atoms with Crippen LogP contribution in [0.2, 0.25) is 0 Å². The Bertz CT molecular complexity index is 402. The molecule has 0 fully saturated rings. The van der Waals surface area contributed by atoms with Crippen LogP contribution in [0, 0.1) is 0 Å². The van der Waals surface area contributed by atoms with E-state index in [0.717, 1.165) is 11.1 Å². The number of hydrogen-bond acceptors (Lipinski definition) is 0. The molecular weight excluding hydrogens is 216 g/mol. The zero-order valence-corrected chi connectivity index (χ0v) is 12.5. The van der Waals surface area contributed by atoms with Crippen molar-refractivity contribution in [3.8, 4) is 0 Å². The molecule has 18 heavy (non-hydrogen) atoms. The second-order valence-electron chi connectivity index (χ2n) is 4.48. The summed E-state index contributed by atoms with van der Waals surface area (Å²) in [6.07, 6.45) is 3.99. The summed E-state index contributed by atoms with van der Waals surface area (Å²) in [4.78, 5) is 0. The van der Waals surface area contributed by atoms with Crippen LogP contribution in [0.25, 0.3) is 5.57 Å². The number of rotatable bonds is 4. The average Bonchev–Trinajstić information content (AvgIpc) is 2.38. The third-order valence-corrected chi connectivity index (χ3v) is 2.52. The van der Waals surface area contributed by atoms with Gasteiger partial charge >= 0.3 is 0 Å². The van der Waals surface area contributed by atoms with Gasteiger partial charge < -0.3 is 0 Å². The normalized spacial score (nSPS) is 10.1. The molecule has 0 atom stereocenters. The van der Waals surface area contributed by atoms with E-state index in [4.69, 9.17) is 0 Å². The summed E-state index contributed by atoms with van der Waals surface area (Å²) in [6, 6.07) is 8.58. The second-order valence-corrected chi connectivity index (χ2v) is 4.48. The van der Waals surface area contributed by atoms with Gasteiger partial charge in [0.1, 0.15) is 0 Å². The van der Waals surface area contributed by atoms with Gasteiger partial charge in [0.2, 0.25) is 0 Å². The Morgan fingerprint density at radius 2 is 1.50 bits per heavy atom. The van der Waals surface area contributed by atoms with Crippen LogP contribution in [-0.2, 0) is 0 Å². The molecule has 0 radical (unpaired) electrons. The average molecular weight is 242 g/mol. The molecule has 0 unspecified atom stereocenters. The fourth-order valence-electron chi connectivity index (χ4n) is 1.42. The van der Waals surface area contributed by atoms with Crippen molar-refractivity contribution in [2.24, 2.45) is 0 Å². The van der Waals surface area contributed by atoms with Crippen LogP contribution in [-0.4, -0.2) is 0 Å². The molecule has 0 N–H and O–H groups in total. The summed E-state index contributed by atoms with van der Waals surface area (Å²) < 4.78 is 0. The molecule has 0 spiro atoms. The summed E-state index contributed by atoms with van der Waals surface area (Å²) in [5, 5.41) is 0. The first kappa shape index (κ1) is 16.4. The van der Waals surface area contributed by atoms with Crippen LogP contribution < -0.4 is 0 Å². The molecule has 1 aromatic carbocycles. The SMILES string of the molecule is C=C(C)/C=C\C(=C)c1ccc(C(C)C)cc1.CC. The number of benzene rings is 1. The second kappa shape index (κ2) is 8.52. The van der Waals surface area contributed by atoms with E-state index in [2.05, 4.69) is 51.3 Å². The van der Waals surface area contributed by atoms with Gasteiger partial charge in [-0.25, -0.2) is 0 Å². The van der Waals surface area contributed by atoms with Crippen LogP contribution in [0.5, 0.6) is 0 Å². The highest BCUT2D eigenvalue weighted by molar-refractivity contribution is 5.72. The molecule has 0 aromatic heterocycles. The minimum Gasteiger partial charge on any atom is -0.0961 e. The van der Waals surface area contributed by atoms with Gasteiger partial charge in [0.15, 0.2) is 0 Å². The minimum atomic E-state index is 0.577. The molecule has 0 nitrogen and oxygen atoms in total. The Morgan fingerprint density at radius 1 is 1.00 bits per heavy atom. The standard InChI is InChI=1S/C16H20.C2H6/c1-12(2)6-7-14(5)16-10-8-15(9-11-16)13(3)4;1-2/h6-11,13H,1,5H2,2-4H3;1-2H3/b7-6-;. The molecule has 0 bridgehead atoms. The van der Waals surface area contributed by atoms with Crippen LogP contribution in [0.3, 0.4) is 0 Å². The van der Waals surface area contributed by atoms with Crippen molar-refractivity contribution in [1.82, 2.24) is 0 Å². The molecule has 1 rings (SSSR count). The molecule has 1 aromatic rings. The van der Waals surface area contributed by atoms with Crippen molar-refractivity contribution in [2.45, 2.75) is 40.5 Å². The van der Waals surface area contributed by atoms with Gasteiger partial charge in [0, 0.05) is 0 Å². The summed E-state index contributed by atoms with van der Waals surface area (Å²) >= 11 is 0. The number of allylic oxidation sites excluding steroid dienone is 4. The van der Waals surface area contributed by atoms with E-state index in [-0.39, 0.29) is 0 Å². The van der Waals surface area contributed by atoms with Crippen molar-refractivity contribution in [1.29, 1.82) is 0 Å².